The van der Waals surface area contributed by atoms with Gasteiger partial charge in [-0.05, 0) is 54.6 Å². The Bertz CT molecular complexity index is 877. The number of carbonyl (C=O) groups is 1. The molecule has 0 saturated carbocycles. The zero-order valence-electron chi connectivity index (χ0n) is 13.2. The lowest BCUT2D eigenvalue weighted by Gasteiger charge is -2.08. The van der Waals surface area contributed by atoms with Crippen molar-refractivity contribution >= 4 is 50.5 Å². The van der Waals surface area contributed by atoms with Crippen LogP contribution >= 0.6 is 27.7 Å². The largest absolute Gasteiger partial charge is 0.507 e. The van der Waals surface area contributed by atoms with E-state index >= 15 is 0 Å². The number of rotatable bonds is 2. The lowest BCUT2D eigenvalue weighted by atomic mass is 10.2. The molecule has 1 amide bonds. The molecule has 0 unspecified atom stereocenters. The van der Waals surface area contributed by atoms with Gasteiger partial charge in [0.2, 0.25) is 0 Å². The number of aromatic hydroxyl groups is 1. The molecule has 0 bridgehead atoms. The van der Waals surface area contributed by atoms with Gasteiger partial charge in [-0.25, -0.2) is 4.99 Å². The van der Waals surface area contributed by atoms with E-state index in [4.69, 9.17) is 0 Å². The average Bonchev–Trinajstić information content (AvgIpc) is 2.81. The number of amides is 1. The first kappa shape index (κ1) is 16.8. The number of aliphatic imine (C=N–C) groups is 1. The number of aryl methyl sites for hydroxylation is 1. The summed E-state index contributed by atoms with van der Waals surface area (Å²) in [6, 6.07) is 12.9. The Labute approximate surface area is 153 Å². The molecule has 2 aromatic carbocycles. The monoisotopic (exact) mass is 402 g/mol. The van der Waals surface area contributed by atoms with Crippen molar-refractivity contribution in [2.24, 2.45) is 4.99 Å². The molecule has 1 aliphatic heterocycles. The van der Waals surface area contributed by atoms with E-state index in [0.29, 0.717) is 15.6 Å². The van der Waals surface area contributed by atoms with E-state index in [9.17, 15) is 9.90 Å². The van der Waals surface area contributed by atoms with Crippen LogP contribution in [0, 0.1) is 6.92 Å². The van der Waals surface area contributed by atoms with Crippen LogP contribution in [0.4, 0.5) is 5.69 Å². The van der Waals surface area contributed by atoms with Crippen molar-refractivity contribution in [3.63, 3.8) is 0 Å². The summed E-state index contributed by atoms with van der Waals surface area (Å²) in [5, 5.41) is 10.6. The summed E-state index contributed by atoms with van der Waals surface area (Å²) in [7, 11) is 1.70. The van der Waals surface area contributed by atoms with Gasteiger partial charge >= 0.3 is 0 Å². The molecule has 0 spiro atoms. The Morgan fingerprint density at radius 1 is 1.25 bits per heavy atom. The zero-order chi connectivity index (χ0) is 17.3. The van der Waals surface area contributed by atoms with Crippen LogP contribution < -0.4 is 0 Å². The Balaban J connectivity index is 1.96. The number of phenols is 1. The third-order valence-corrected chi connectivity index (χ3v) is 5.16. The van der Waals surface area contributed by atoms with Gasteiger partial charge in [0.15, 0.2) is 5.17 Å². The van der Waals surface area contributed by atoms with Crippen LogP contribution in [-0.4, -0.2) is 28.1 Å². The number of benzene rings is 2. The molecule has 2 aromatic rings. The SMILES string of the molecule is Cc1ccccc1N=C1S/C(=C/c2cc(Br)ccc2O)C(=O)N1C. The summed E-state index contributed by atoms with van der Waals surface area (Å²) >= 11 is 4.67. The smallest absolute Gasteiger partial charge is 0.266 e. The number of hydrogen-bond donors (Lipinski definition) is 1. The molecule has 1 saturated heterocycles. The van der Waals surface area contributed by atoms with Crippen molar-refractivity contribution in [3.05, 3.63) is 63.0 Å². The van der Waals surface area contributed by atoms with Crippen molar-refractivity contribution < 1.29 is 9.90 Å². The maximum Gasteiger partial charge on any atom is 0.266 e. The van der Waals surface area contributed by atoms with E-state index in [1.165, 1.54) is 16.7 Å². The number of nitrogens with zero attached hydrogens (tertiary/aromatic N) is 2. The highest BCUT2D eigenvalue weighted by Gasteiger charge is 2.30. The fourth-order valence-corrected chi connectivity index (χ4v) is 3.58. The molecule has 1 fully saturated rings. The van der Waals surface area contributed by atoms with E-state index in [1.54, 1.807) is 31.3 Å². The van der Waals surface area contributed by atoms with Gasteiger partial charge in [0.05, 0.1) is 10.6 Å². The highest BCUT2D eigenvalue weighted by atomic mass is 79.9. The zero-order valence-corrected chi connectivity index (χ0v) is 15.6. The Kier molecular flexibility index (Phi) is 4.78. The van der Waals surface area contributed by atoms with E-state index in [1.807, 2.05) is 31.2 Å². The normalized spacial score (nSPS) is 18.0. The van der Waals surface area contributed by atoms with Crippen molar-refractivity contribution in [2.75, 3.05) is 7.05 Å². The second-order valence-corrected chi connectivity index (χ2v) is 7.28. The van der Waals surface area contributed by atoms with Gasteiger partial charge in [-0.3, -0.25) is 9.69 Å². The third kappa shape index (κ3) is 3.39. The van der Waals surface area contributed by atoms with Gasteiger partial charge in [0.25, 0.3) is 5.91 Å². The molecule has 6 heteroatoms. The molecule has 1 heterocycles. The first-order valence-electron chi connectivity index (χ1n) is 7.26. The highest BCUT2D eigenvalue weighted by molar-refractivity contribution is 9.10. The molecule has 1 N–H and O–H groups in total. The summed E-state index contributed by atoms with van der Waals surface area (Å²) in [4.78, 5) is 19.1. The molecule has 0 radical (unpaired) electrons. The average molecular weight is 403 g/mol. The molecular formula is C18H15BrN2O2S. The lowest BCUT2D eigenvalue weighted by molar-refractivity contribution is -0.121. The second-order valence-electron chi connectivity index (χ2n) is 5.36. The number of likely N-dealkylation sites (N-methyl/N-ethyl adjacent to an activating group) is 1. The second kappa shape index (κ2) is 6.83. The van der Waals surface area contributed by atoms with E-state index in [2.05, 4.69) is 20.9 Å². The van der Waals surface area contributed by atoms with Crippen LogP contribution in [0.2, 0.25) is 0 Å². The topological polar surface area (TPSA) is 52.9 Å². The minimum Gasteiger partial charge on any atom is -0.507 e. The number of halogens is 1. The summed E-state index contributed by atoms with van der Waals surface area (Å²) in [5.41, 5.74) is 2.48. The van der Waals surface area contributed by atoms with E-state index in [0.717, 1.165) is 15.7 Å². The first-order valence-corrected chi connectivity index (χ1v) is 8.87. The maximum atomic E-state index is 12.5. The predicted octanol–water partition coefficient (Wildman–Crippen LogP) is 4.70. The minimum atomic E-state index is -0.133. The molecule has 1 aliphatic rings. The Morgan fingerprint density at radius 2 is 2.00 bits per heavy atom. The lowest BCUT2D eigenvalue weighted by Crippen LogP contribution is -2.23. The van der Waals surface area contributed by atoms with Crippen molar-refractivity contribution in [3.8, 4) is 5.75 Å². The first-order chi connectivity index (χ1) is 11.5. The number of amidine groups is 1. The summed E-state index contributed by atoms with van der Waals surface area (Å²) in [6.07, 6.45) is 1.68. The fourth-order valence-electron chi connectivity index (χ4n) is 2.23. The molecule has 122 valence electrons. The van der Waals surface area contributed by atoms with Crippen molar-refractivity contribution in [1.82, 2.24) is 4.90 Å². The van der Waals surface area contributed by atoms with Gasteiger partial charge in [0, 0.05) is 17.1 Å². The van der Waals surface area contributed by atoms with Crippen LogP contribution in [0.5, 0.6) is 5.75 Å². The predicted molar refractivity (Wildman–Crippen MR) is 102 cm³/mol. The maximum absolute atomic E-state index is 12.5. The molecule has 24 heavy (non-hydrogen) atoms. The van der Waals surface area contributed by atoms with E-state index in [-0.39, 0.29) is 11.7 Å². The molecule has 4 nitrogen and oxygen atoms in total. The number of hydrogen-bond acceptors (Lipinski definition) is 4. The van der Waals surface area contributed by atoms with Crippen molar-refractivity contribution in [1.29, 1.82) is 0 Å². The van der Waals surface area contributed by atoms with Crippen molar-refractivity contribution in [2.45, 2.75) is 6.92 Å². The van der Waals surface area contributed by atoms with Gasteiger partial charge in [-0.15, -0.1) is 0 Å². The van der Waals surface area contributed by atoms with Crippen LogP contribution in [0.25, 0.3) is 6.08 Å². The number of phenolic OH excluding ortho intramolecular Hbond substituents is 1. The number of thioether (sulfide) groups is 1. The Morgan fingerprint density at radius 3 is 2.75 bits per heavy atom. The van der Waals surface area contributed by atoms with Crippen LogP contribution in [0.15, 0.2) is 56.8 Å². The Hall–Kier alpha value is -2.05. The molecule has 0 aliphatic carbocycles. The quantitative estimate of drug-likeness (QED) is 0.740. The molecule has 0 atom stereocenters. The summed E-state index contributed by atoms with van der Waals surface area (Å²) in [6.45, 7) is 1.98. The third-order valence-electron chi connectivity index (χ3n) is 3.61. The number of carbonyl (C=O) groups excluding carboxylic acids is 1. The van der Waals surface area contributed by atoms with Crippen LogP contribution in [-0.2, 0) is 4.79 Å². The number of para-hydroxylation sites is 1. The molecule has 3 rings (SSSR count). The van der Waals surface area contributed by atoms with Gasteiger partial charge in [-0.1, -0.05) is 34.1 Å². The van der Waals surface area contributed by atoms with Crippen LogP contribution in [0.1, 0.15) is 11.1 Å². The van der Waals surface area contributed by atoms with Gasteiger partial charge in [-0.2, -0.15) is 0 Å². The molecular weight excluding hydrogens is 388 g/mol. The molecule has 0 aromatic heterocycles. The highest BCUT2D eigenvalue weighted by Crippen LogP contribution is 2.35. The van der Waals surface area contributed by atoms with Crippen LogP contribution in [0.3, 0.4) is 0 Å². The minimum absolute atomic E-state index is 0.131. The fraction of sp³-hybridized carbons (Fsp3) is 0.111. The summed E-state index contributed by atoms with van der Waals surface area (Å²) in [5.74, 6) is -0.00208. The van der Waals surface area contributed by atoms with Gasteiger partial charge < -0.3 is 5.11 Å². The standard InChI is InChI=1S/C18H15BrN2O2S/c1-11-5-3-4-6-14(11)20-18-21(2)17(23)16(24-18)10-12-9-13(19)7-8-15(12)22/h3-10,22H,1-2H3/b16-10+,20-18?. The van der Waals surface area contributed by atoms with E-state index < -0.39 is 0 Å². The summed E-state index contributed by atoms with van der Waals surface area (Å²) < 4.78 is 0.838. The van der Waals surface area contributed by atoms with Gasteiger partial charge in [0.1, 0.15) is 5.75 Å².